The number of fused-ring (bicyclic) bond motifs is 1. The van der Waals surface area contributed by atoms with Crippen LogP contribution in [0.15, 0.2) is 95.9 Å². The maximum absolute atomic E-state index is 12.8. The summed E-state index contributed by atoms with van der Waals surface area (Å²) in [4.78, 5) is 26.5. The Kier molecular flexibility index (Phi) is 7.33. The molecule has 1 atom stereocenters. The van der Waals surface area contributed by atoms with Gasteiger partial charge in [-0.05, 0) is 71.8 Å². The number of thioether (sulfide) groups is 1. The molecule has 0 aromatic heterocycles. The molecule has 0 aliphatic heterocycles. The third-order valence-electron chi connectivity index (χ3n) is 5.16. The molecule has 4 aromatic rings. The molecule has 2 amide bonds. The van der Waals surface area contributed by atoms with Crippen molar-refractivity contribution in [1.82, 2.24) is 0 Å². The number of halogens is 1. The summed E-state index contributed by atoms with van der Waals surface area (Å²) in [6, 6.07) is 28.2. The van der Waals surface area contributed by atoms with Gasteiger partial charge in [0, 0.05) is 26.9 Å². The molecule has 4 nitrogen and oxygen atoms in total. The van der Waals surface area contributed by atoms with Gasteiger partial charge in [0.05, 0.1) is 5.25 Å². The number of anilines is 2. The van der Waals surface area contributed by atoms with Crippen LogP contribution in [0.2, 0.25) is 5.02 Å². The number of amides is 2. The second-order valence-electron chi connectivity index (χ2n) is 7.55. The Morgan fingerprint density at radius 3 is 2.33 bits per heavy atom. The first-order valence-electron chi connectivity index (χ1n) is 10.6. The van der Waals surface area contributed by atoms with Gasteiger partial charge in [0.2, 0.25) is 5.91 Å². The van der Waals surface area contributed by atoms with Gasteiger partial charge in [0.25, 0.3) is 5.91 Å². The average Bonchev–Trinajstić information content (AvgIpc) is 2.83. The molecule has 4 rings (SSSR count). The van der Waals surface area contributed by atoms with Crippen molar-refractivity contribution in [2.24, 2.45) is 0 Å². The molecular weight excluding hydrogens is 452 g/mol. The third kappa shape index (κ3) is 5.95. The van der Waals surface area contributed by atoms with Crippen molar-refractivity contribution in [1.29, 1.82) is 0 Å². The number of carbonyl (C=O) groups is 2. The van der Waals surface area contributed by atoms with E-state index in [1.54, 1.807) is 24.3 Å². The van der Waals surface area contributed by atoms with E-state index >= 15 is 0 Å². The van der Waals surface area contributed by atoms with Crippen molar-refractivity contribution in [3.8, 4) is 0 Å². The fraction of sp³-hybridized carbons (Fsp3) is 0.111. The lowest BCUT2D eigenvalue weighted by Gasteiger charge is -2.15. The standard InChI is InChI=1S/C27H23ClN2O2S/c1-2-25(27(32)29-22-14-12-21(28)13-15-22)33-24-9-5-8-23(17-24)30-26(31)20-11-10-18-6-3-4-7-19(18)16-20/h3-17,25H,2H2,1H3,(H,29,32)(H,30,31). The maximum atomic E-state index is 12.8. The highest BCUT2D eigenvalue weighted by molar-refractivity contribution is 8.00. The lowest BCUT2D eigenvalue weighted by molar-refractivity contribution is -0.115. The van der Waals surface area contributed by atoms with Gasteiger partial charge in [-0.25, -0.2) is 0 Å². The van der Waals surface area contributed by atoms with Crippen LogP contribution in [-0.4, -0.2) is 17.1 Å². The average molecular weight is 475 g/mol. The minimum Gasteiger partial charge on any atom is -0.325 e. The van der Waals surface area contributed by atoms with Crippen LogP contribution >= 0.6 is 23.4 Å². The van der Waals surface area contributed by atoms with E-state index < -0.39 is 0 Å². The van der Waals surface area contributed by atoms with Crippen molar-refractivity contribution in [3.05, 3.63) is 102 Å². The van der Waals surface area contributed by atoms with Crippen LogP contribution in [0.25, 0.3) is 10.8 Å². The first kappa shape index (κ1) is 22.9. The van der Waals surface area contributed by atoms with E-state index in [-0.39, 0.29) is 17.1 Å². The number of hydrogen-bond donors (Lipinski definition) is 2. The summed E-state index contributed by atoms with van der Waals surface area (Å²) < 4.78 is 0. The molecule has 1 unspecified atom stereocenters. The number of carbonyl (C=O) groups excluding carboxylic acids is 2. The van der Waals surface area contributed by atoms with Gasteiger partial charge in [-0.2, -0.15) is 0 Å². The Labute approximate surface area is 202 Å². The Bertz CT molecular complexity index is 1290. The third-order valence-corrected chi connectivity index (χ3v) is 6.77. The molecule has 166 valence electrons. The van der Waals surface area contributed by atoms with Crippen LogP contribution in [0.4, 0.5) is 11.4 Å². The Hall–Kier alpha value is -3.28. The van der Waals surface area contributed by atoms with Crippen LogP contribution in [0, 0.1) is 0 Å². The summed E-state index contributed by atoms with van der Waals surface area (Å²) in [5.74, 6) is -0.245. The minimum absolute atomic E-state index is 0.0737. The molecule has 0 saturated carbocycles. The fourth-order valence-corrected chi connectivity index (χ4v) is 4.56. The lowest BCUT2D eigenvalue weighted by Crippen LogP contribution is -2.24. The molecule has 0 fully saturated rings. The highest BCUT2D eigenvalue weighted by Crippen LogP contribution is 2.29. The van der Waals surface area contributed by atoms with Crippen molar-refractivity contribution in [2.75, 3.05) is 10.6 Å². The summed E-state index contributed by atoms with van der Waals surface area (Å²) in [5.41, 5.74) is 1.99. The normalized spacial score (nSPS) is 11.7. The van der Waals surface area contributed by atoms with Gasteiger partial charge < -0.3 is 10.6 Å². The Morgan fingerprint density at radius 1 is 0.818 bits per heavy atom. The molecular formula is C27H23ClN2O2S. The van der Waals surface area contributed by atoms with E-state index in [1.165, 1.54) is 11.8 Å². The SMILES string of the molecule is CCC(Sc1cccc(NC(=O)c2ccc3ccccc3c2)c1)C(=O)Nc1ccc(Cl)cc1. The molecule has 0 bridgehead atoms. The van der Waals surface area contributed by atoms with Crippen LogP contribution in [0.3, 0.4) is 0 Å². The maximum Gasteiger partial charge on any atom is 0.255 e. The van der Waals surface area contributed by atoms with Gasteiger partial charge in [-0.1, -0.05) is 54.9 Å². The lowest BCUT2D eigenvalue weighted by atomic mass is 10.1. The second-order valence-corrected chi connectivity index (χ2v) is 9.27. The number of hydrogen-bond acceptors (Lipinski definition) is 3. The fourth-order valence-electron chi connectivity index (χ4n) is 3.42. The van der Waals surface area contributed by atoms with E-state index in [1.807, 2.05) is 73.7 Å². The quantitative estimate of drug-likeness (QED) is 0.277. The van der Waals surface area contributed by atoms with Crippen molar-refractivity contribution in [2.45, 2.75) is 23.5 Å². The molecule has 4 aromatic carbocycles. The zero-order valence-corrected chi connectivity index (χ0v) is 19.6. The Morgan fingerprint density at radius 2 is 1.58 bits per heavy atom. The van der Waals surface area contributed by atoms with Crippen LogP contribution < -0.4 is 10.6 Å². The highest BCUT2D eigenvalue weighted by Gasteiger charge is 2.18. The second kappa shape index (κ2) is 10.6. The molecule has 6 heteroatoms. The van der Waals surface area contributed by atoms with Crippen molar-refractivity contribution < 1.29 is 9.59 Å². The van der Waals surface area contributed by atoms with Gasteiger partial charge in [0.1, 0.15) is 0 Å². The first-order valence-corrected chi connectivity index (χ1v) is 11.9. The van der Waals surface area contributed by atoms with Gasteiger partial charge >= 0.3 is 0 Å². The molecule has 0 aliphatic carbocycles. The van der Waals surface area contributed by atoms with E-state index in [4.69, 9.17) is 11.6 Å². The predicted octanol–water partition coefficient (Wildman–Crippen LogP) is 7.25. The smallest absolute Gasteiger partial charge is 0.255 e. The molecule has 0 heterocycles. The summed E-state index contributed by atoms with van der Waals surface area (Å²) in [6.45, 7) is 1.98. The minimum atomic E-state index is -0.271. The molecule has 2 N–H and O–H groups in total. The summed E-state index contributed by atoms with van der Waals surface area (Å²) >= 11 is 7.38. The van der Waals surface area contributed by atoms with E-state index in [9.17, 15) is 9.59 Å². The monoisotopic (exact) mass is 474 g/mol. The zero-order chi connectivity index (χ0) is 23.2. The molecule has 0 aliphatic rings. The number of nitrogens with one attached hydrogen (secondary N) is 2. The summed E-state index contributed by atoms with van der Waals surface area (Å²) in [6.07, 6.45) is 0.664. The van der Waals surface area contributed by atoms with Gasteiger partial charge in [-0.3, -0.25) is 9.59 Å². The van der Waals surface area contributed by atoms with Crippen LogP contribution in [-0.2, 0) is 4.79 Å². The van der Waals surface area contributed by atoms with Gasteiger partial charge in [-0.15, -0.1) is 11.8 Å². The topological polar surface area (TPSA) is 58.2 Å². The van der Waals surface area contributed by atoms with Crippen LogP contribution in [0.1, 0.15) is 23.7 Å². The number of benzene rings is 4. The summed E-state index contributed by atoms with van der Waals surface area (Å²) in [5, 5.41) is 8.36. The van der Waals surface area contributed by atoms with E-state index in [2.05, 4.69) is 10.6 Å². The van der Waals surface area contributed by atoms with Gasteiger partial charge in [0.15, 0.2) is 0 Å². The van der Waals surface area contributed by atoms with Crippen molar-refractivity contribution in [3.63, 3.8) is 0 Å². The van der Waals surface area contributed by atoms with E-state index in [0.29, 0.717) is 28.4 Å². The first-order chi connectivity index (χ1) is 16.0. The largest absolute Gasteiger partial charge is 0.325 e. The highest BCUT2D eigenvalue weighted by atomic mass is 35.5. The summed E-state index contributed by atoms with van der Waals surface area (Å²) in [7, 11) is 0. The zero-order valence-electron chi connectivity index (χ0n) is 18.0. The molecule has 33 heavy (non-hydrogen) atoms. The molecule has 0 spiro atoms. The molecule has 0 radical (unpaired) electrons. The predicted molar refractivity (Wildman–Crippen MR) is 138 cm³/mol. The Balaban J connectivity index is 1.43. The van der Waals surface area contributed by atoms with E-state index in [0.717, 1.165) is 15.7 Å². The molecule has 0 saturated heterocycles. The van der Waals surface area contributed by atoms with Crippen LogP contribution in [0.5, 0.6) is 0 Å². The van der Waals surface area contributed by atoms with Crippen molar-refractivity contribution >= 4 is 57.3 Å². The number of rotatable bonds is 7.